The summed E-state index contributed by atoms with van der Waals surface area (Å²) >= 11 is 0. The third-order valence-electron chi connectivity index (χ3n) is 0.417. The summed E-state index contributed by atoms with van der Waals surface area (Å²) in [5.41, 5.74) is 10.3. The van der Waals surface area contributed by atoms with Gasteiger partial charge in [0.15, 0.2) is 0 Å². The average molecular weight is 119 g/mol. The first-order valence-electron chi connectivity index (χ1n) is 1.58. The number of nitrogens with two attached hydrogens (primary N) is 3. The van der Waals surface area contributed by atoms with E-state index >= 15 is 0 Å². The van der Waals surface area contributed by atoms with Crippen LogP contribution in [0, 0.1) is 0 Å². The third-order valence-corrected chi connectivity index (χ3v) is 1.25. The minimum atomic E-state index is -1.15. The van der Waals surface area contributed by atoms with Gasteiger partial charge in [-0.3, -0.25) is 16.6 Å². The summed E-state index contributed by atoms with van der Waals surface area (Å²) in [6.07, 6.45) is 0. The standard InChI is InChI=1S/C2H7N4P/c1-6-7(5)2(3)4/h1,5H2,(H3,3,4)/p+1. The smallest absolute Gasteiger partial charge is 0.285 e. The Morgan fingerprint density at radius 3 is 2.29 bits per heavy atom. The zero-order chi connectivity index (χ0) is 5.86. The first kappa shape index (κ1) is 6.53. The molecule has 1 unspecified atom stereocenters. The molecular weight excluding hydrogens is 111 g/mol. The highest BCUT2D eigenvalue weighted by molar-refractivity contribution is 7.71. The van der Waals surface area contributed by atoms with Crippen molar-refractivity contribution in [3.05, 3.63) is 0 Å². The Hall–Kier alpha value is -0.470. The summed E-state index contributed by atoms with van der Waals surface area (Å²) in [7, 11) is -1.15. The average Bonchev–Trinajstić information content (AvgIpc) is 1.65. The second kappa shape index (κ2) is 2.66. The van der Waals surface area contributed by atoms with Crippen LogP contribution >= 0.6 is 8.22 Å². The van der Waals surface area contributed by atoms with E-state index in [0.717, 1.165) is 0 Å². The van der Waals surface area contributed by atoms with Crippen LogP contribution in [0.15, 0.2) is 4.76 Å². The molecule has 0 aliphatic rings. The fraction of sp³-hybridized carbons (Fsp3) is 0. The minimum Gasteiger partial charge on any atom is -0.285 e. The predicted molar refractivity (Wildman–Crippen MR) is 31.8 cm³/mol. The van der Waals surface area contributed by atoms with Crippen LogP contribution < -0.4 is 16.6 Å². The molecule has 0 heterocycles. The number of nitrogens with zero attached hydrogens (tertiary/aromatic N) is 1. The minimum absolute atomic E-state index is 0.157. The lowest BCUT2D eigenvalue weighted by atomic mass is 11.4. The predicted octanol–water partition coefficient (Wildman–Crippen LogP) is -1.97. The van der Waals surface area contributed by atoms with Crippen LogP contribution in [0.3, 0.4) is 0 Å². The summed E-state index contributed by atoms with van der Waals surface area (Å²) in [5.74, 6) is 0. The van der Waals surface area contributed by atoms with Gasteiger partial charge in [0, 0.05) is 0 Å². The quantitative estimate of drug-likeness (QED) is 0.223. The number of hydrogen-bond acceptors (Lipinski definition) is 2. The van der Waals surface area contributed by atoms with E-state index in [4.69, 9.17) is 16.6 Å². The molecule has 0 radical (unpaired) electrons. The van der Waals surface area contributed by atoms with Crippen molar-refractivity contribution < 1.29 is 5.41 Å². The Kier molecular flexibility index (Phi) is 2.48. The van der Waals surface area contributed by atoms with Crippen molar-refractivity contribution in [2.75, 3.05) is 0 Å². The van der Waals surface area contributed by atoms with Crippen LogP contribution in [0.25, 0.3) is 0 Å². The van der Waals surface area contributed by atoms with Gasteiger partial charge < -0.3 is 0 Å². The molecule has 40 valence electrons. The van der Waals surface area contributed by atoms with Gasteiger partial charge in [-0.1, -0.05) is 0 Å². The van der Waals surface area contributed by atoms with Crippen LogP contribution in [0.5, 0.6) is 0 Å². The maximum Gasteiger partial charge on any atom is 0.297 e. The first-order valence-corrected chi connectivity index (χ1v) is 2.94. The molecule has 0 aromatic carbocycles. The maximum absolute atomic E-state index is 5.16. The van der Waals surface area contributed by atoms with Gasteiger partial charge in [-0.05, 0) is 6.72 Å². The molecule has 0 bridgehead atoms. The third kappa shape index (κ3) is 2.25. The molecule has 7 heavy (non-hydrogen) atoms. The molecule has 1 atom stereocenters. The SMILES string of the molecule is C=NP(N)C(N)=[NH2+]. The lowest BCUT2D eigenvalue weighted by Crippen LogP contribution is -2.44. The van der Waals surface area contributed by atoms with Gasteiger partial charge in [0.05, 0.1) is 0 Å². The molecule has 0 amide bonds. The molecule has 0 saturated carbocycles. The van der Waals surface area contributed by atoms with Crippen molar-refractivity contribution in [1.82, 2.24) is 0 Å². The lowest BCUT2D eigenvalue weighted by molar-refractivity contribution is -0.110. The summed E-state index contributed by atoms with van der Waals surface area (Å²) < 4.78 is 3.39. The highest BCUT2D eigenvalue weighted by Gasteiger charge is 2.04. The lowest BCUT2D eigenvalue weighted by Gasteiger charge is -1.91. The Balaban J connectivity index is 3.55. The fourth-order valence-electron chi connectivity index (χ4n) is 0.0816. The van der Waals surface area contributed by atoms with Crippen LogP contribution in [0.4, 0.5) is 0 Å². The molecule has 0 fully saturated rings. The molecule has 0 spiro atoms. The largest absolute Gasteiger partial charge is 0.297 e. The van der Waals surface area contributed by atoms with E-state index < -0.39 is 8.22 Å². The first-order chi connectivity index (χ1) is 3.18. The number of hydrogen-bond donors (Lipinski definition) is 3. The van der Waals surface area contributed by atoms with Gasteiger partial charge in [-0.25, -0.2) is 4.76 Å². The van der Waals surface area contributed by atoms with Crippen molar-refractivity contribution in [2.45, 2.75) is 0 Å². The molecule has 0 rings (SSSR count). The van der Waals surface area contributed by atoms with E-state index in [1.165, 1.54) is 0 Å². The fourth-order valence-corrected chi connectivity index (χ4v) is 0.245. The van der Waals surface area contributed by atoms with Crippen LogP contribution in [-0.4, -0.2) is 12.3 Å². The number of rotatable bonds is 2. The Morgan fingerprint density at radius 2 is 2.29 bits per heavy atom. The highest BCUT2D eigenvalue weighted by Crippen LogP contribution is 2.21. The van der Waals surface area contributed by atoms with E-state index in [0.29, 0.717) is 0 Å². The Labute approximate surface area is 43.0 Å². The molecule has 4 nitrogen and oxygen atoms in total. The van der Waals surface area contributed by atoms with Crippen molar-refractivity contribution in [2.24, 2.45) is 16.0 Å². The van der Waals surface area contributed by atoms with Crippen molar-refractivity contribution >= 4 is 20.5 Å². The topological polar surface area (TPSA) is 90.0 Å². The van der Waals surface area contributed by atoms with E-state index in [9.17, 15) is 0 Å². The van der Waals surface area contributed by atoms with Crippen LogP contribution in [0.1, 0.15) is 0 Å². The zero-order valence-electron chi connectivity index (χ0n) is 3.83. The Morgan fingerprint density at radius 1 is 1.86 bits per heavy atom. The Bertz CT molecular complexity index is 89.7. The maximum atomic E-state index is 5.16. The van der Waals surface area contributed by atoms with Gasteiger partial charge in [0.1, 0.15) is 0 Å². The monoisotopic (exact) mass is 119 g/mol. The van der Waals surface area contributed by atoms with E-state index in [-0.39, 0.29) is 5.58 Å². The van der Waals surface area contributed by atoms with Crippen LogP contribution in [0.2, 0.25) is 0 Å². The summed E-state index contributed by atoms with van der Waals surface area (Å²) in [6.45, 7) is 3.15. The summed E-state index contributed by atoms with van der Waals surface area (Å²) in [4.78, 5) is 0. The van der Waals surface area contributed by atoms with Gasteiger partial charge in [0.2, 0.25) is 8.22 Å². The van der Waals surface area contributed by atoms with Crippen LogP contribution in [-0.2, 0) is 0 Å². The van der Waals surface area contributed by atoms with Crippen molar-refractivity contribution in [3.63, 3.8) is 0 Å². The van der Waals surface area contributed by atoms with Gasteiger partial charge >= 0.3 is 0 Å². The zero-order valence-corrected chi connectivity index (χ0v) is 4.73. The molecular formula is C2H8N4P+. The van der Waals surface area contributed by atoms with E-state index in [1.54, 1.807) is 0 Å². The number of amidine groups is 1. The summed E-state index contributed by atoms with van der Waals surface area (Å²) in [6, 6.07) is 0. The van der Waals surface area contributed by atoms with Crippen molar-refractivity contribution in [3.8, 4) is 0 Å². The molecule has 0 aromatic rings. The van der Waals surface area contributed by atoms with Crippen molar-refractivity contribution in [1.29, 1.82) is 0 Å². The highest BCUT2D eigenvalue weighted by atomic mass is 31.1. The van der Waals surface area contributed by atoms with Gasteiger partial charge in [-0.15, -0.1) is 0 Å². The molecule has 0 saturated heterocycles. The molecule has 5 heteroatoms. The summed E-state index contributed by atoms with van der Waals surface area (Å²) in [5, 5.41) is 5.01. The molecule has 0 aliphatic carbocycles. The molecule has 0 aliphatic heterocycles. The normalized spacial score (nSPS) is 12.7. The molecule has 6 N–H and O–H groups in total. The molecule has 0 aromatic heterocycles. The van der Waals surface area contributed by atoms with E-state index in [1.807, 2.05) is 0 Å². The second-order valence-electron chi connectivity index (χ2n) is 0.911. The van der Waals surface area contributed by atoms with Gasteiger partial charge in [-0.2, -0.15) is 0 Å². The van der Waals surface area contributed by atoms with E-state index in [2.05, 4.69) is 11.5 Å². The van der Waals surface area contributed by atoms with Gasteiger partial charge in [0.25, 0.3) is 5.58 Å². The second-order valence-corrected chi connectivity index (χ2v) is 2.40.